The van der Waals surface area contributed by atoms with Crippen LogP contribution in [-0.2, 0) is 38.9 Å². The lowest BCUT2D eigenvalue weighted by atomic mass is 10.0. The molecule has 0 saturated carbocycles. The summed E-state index contributed by atoms with van der Waals surface area (Å²) < 4.78 is 24.8. The van der Waals surface area contributed by atoms with Crippen LogP contribution in [0.1, 0.15) is 195 Å². The zero-order chi connectivity index (χ0) is 86.0. The highest BCUT2D eigenvalue weighted by atomic mass is 35.5. The molecule has 2 aromatic heterocycles. The number of fused-ring (bicyclic) bond motifs is 2. The van der Waals surface area contributed by atoms with Crippen LogP contribution < -0.4 is 34.6 Å². The van der Waals surface area contributed by atoms with Gasteiger partial charge in [0.1, 0.15) is 30.3 Å². The van der Waals surface area contributed by atoms with E-state index in [-0.39, 0.29) is 90.1 Å². The highest BCUT2D eigenvalue weighted by molar-refractivity contribution is 7.98. The number of aromatic nitrogens is 8. The summed E-state index contributed by atoms with van der Waals surface area (Å²) in [6, 6.07) is 36.3. The van der Waals surface area contributed by atoms with E-state index in [1.165, 1.54) is 163 Å². The number of unbranched alkanes of at least 4 members (excludes halogenated alkanes) is 18. The lowest BCUT2D eigenvalue weighted by Gasteiger charge is -2.24. The molecule has 0 aliphatic rings. The number of hydrogen-bond acceptors (Lipinski definition) is 24. The molecule has 0 spiro atoms. The molecule has 0 unspecified atom stereocenters. The minimum atomic E-state index is -0.851. The lowest BCUT2D eigenvalue weighted by Crippen LogP contribution is -2.34. The zero-order valence-corrected chi connectivity index (χ0v) is 71.1. The number of phenols is 2. The molecular weight excluding hydrogens is 1620 g/mol. The number of ketones is 1. The number of halogens is 2. The Hall–Kier alpha value is -11.5. The number of nitro benzene ring substituents is 2. The third kappa shape index (κ3) is 27.0. The number of rotatable bonds is 45. The van der Waals surface area contributed by atoms with Gasteiger partial charge in [-0.15, -0.1) is 10.2 Å². The van der Waals surface area contributed by atoms with Crippen LogP contribution in [0.5, 0.6) is 28.7 Å². The quantitative estimate of drug-likeness (QED) is 0.00905. The van der Waals surface area contributed by atoms with Crippen molar-refractivity contribution in [1.29, 1.82) is 0 Å². The van der Waals surface area contributed by atoms with Crippen LogP contribution in [0.2, 0.25) is 10.0 Å². The molecule has 0 saturated heterocycles. The van der Waals surface area contributed by atoms with Crippen molar-refractivity contribution in [2.24, 2.45) is 5.92 Å². The van der Waals surface area contributed by atoms with Crippen molar-refractivity contribution in [3.8, 4) is 28.7 Å². The summed E-state index contributed by atoms with van der Waals surface area (Å²) in [5.74, 6) is -1.92. The van der Waals surface area contributed by atoms with Gasteiger partial charge < -0.3 is 39.8 Å². The minimum absolute atomic E-state index is 0.00270. The van der Waals surface area contributed by atoms with Gasteiger partial charge in [0.15, 0.2) is 5.78 Å². The largest absolute Gasteiger partial charge is 0.506 e. The fraction of sp³-hybridized carbons (Fsp3) is 0.395. The Morgan fingerprint density at radius 2 is 0.950 bits per heavy atom. The summed E-state index contributed by atoms with van der Waals surface area (Å²) >= 11 is 14.8. The van der Waals surface area contributed by atoms with Crippen molar-refractivity contribution in [2.75, 3.05) is 47.2 Å². The molecule has 34 heteroatoms. The number of amides is 4. The number of nitrogens with one attached hydrogen (secondary N) is 2. The van der Waals surface area contributed by atoms with Gasteiger partial charge in [-0.25, -0.2) is 19.0 Å². The van der Waals surface area contributed by atoms with Crippen LogP contribution in [0.4, 0.5) is 43.7 Å². The molecule has 4 amide bonds. The zero-order valence-electron chi connectivity index (χ0n) is 68.0. The molecule has 30 nitrogen and oxygen atoms in total. The number of hydrogen-bond donors (Lipinski definition) is 4. The maximum Gasteiger partial charge on any atom is 0.420 e. The third-order valence-corrected chi connectivity index (χ3v) is 22.0. The molecule has 10 rings (SSSR count). The maximum atomic E-state index is 14.2. The van der Waals surface area contributed by atoms with E-state index in [0.29, 0.717) is 94.4 Å². The van der Waals surface area contributed by atoms with Crippen molar-refractivity contribution in [1.82, 2.24) is 40.4 Å². The van der Waals surface area contributed by atoms with E-state index in [2.05, 4.69) is 55.5 Å². The number of nitro groups is 2. The second-order valence-corrected chi connectivity index (χ2v) is 31.7. The van der Waals surface area contributed by atoms with Crippen molar-refractivity contribution in [2.45, 2.75) is 198 Å². The fourth-order valence-corrected chi connectivity index (χ4v) is 15.1. The summed E-state index contributed by atoms with van der Waals surface area (Å²) in [6.07, 6.45) is 19.9. The van der Waals surface area contributed by atoms with Crippen LogP contribution in [0.25, 0.3) is 21.5 Å². The number of tetrazole rings is 2. The molecule has 0 fully saturated rings. The van der Waals surface area contributed by atoms with Crippen LogP contribution >= 0.6 is 46.7 Å². The van der Waals surface area contributed by atoms with Gasteiger partial charge in [0.05, 0.1) is 62.5 Å². The highest BCUT2D eigenvalue weighted by Crippen LogP contribution is 2.41. The van der Waals surface area contributed by atoms with Gasteiger partial charge in [0.25, 0.3) is 11.8 Å². The number of para-hydroxylation sites is 1. The van der Waals surface area contributed by atoms with Gasteiger partial charge in [-0.05, 0) is 124 Å². The number of phenolic OH excluding ortho intramolecular Hbond substituents is 2. The van der Waals surface area contributed by atoms with Crippen LogP contribution in [0.3, 0.4) is 0 Å². The predicted molar refractivity (Wildman–Crippen MR) is 464 cm³/mol. The average molecular weight is 1720 g/mol. The topological polar surface area (TPSA) is 384 Å². The maximum absolute atomic E-state index is 14.2. The number of esters is 1. The number of benzene rings is 8. The number of methoxy groups -OCH3 is 1. The Labute approximate surface area is 714 Å². The van der Waals surface area contributed by atoms with Gasteiger partial charge in [0.2, 0.25) is 21.8 Å². The number of ether oxygens (including phenoxy) is 4. The fourth-order valence-electron chi connectivity index (χ4n) is 13.1. The summed E-state index contributed by atoms with van der Waals surface area (Å²) in [7, 11) is 1.46. The molecule has 10 aromatic rings. The third-order valence-electron chi connectivity index (χ3n) is 19.3. The van der Waals surface area contributed by atoms with E-state index in [9.17, 15) is 59.2 Å². The minimum Gasteiger partial charge on any atom is -0.506 e. The first-order valence-electron chi connectivity index (χ1n) is 40.1. The number of nitrogens with zero attached hydrogens (tertiary/aromatic N) is 12. The molecule has 0 aliphatic carbocycles. The second kappa shape index (κ2) is 47.3. The number of carbonyl (C=O) groups is 6. The van der Waals surface area contributed by atoms with E-state index in [1.54, 1.807) is 97.1 Å². The molecule has 0 aliphatic heterocycles. The normalized spacial score (nSPS) is 11.1. The van der Waals surface area contributed by atoms with Gasteiger partial charge in [-0.1, -0.05) is 251 Å². The Morgan fingerprint density at radius 3 is 1.38 bits per heavy atom. The van der Waals surface area contributed by atoms with E-state index >= 15 is 0 Å². The molecule has 0 radical (unpaired) electrons. The van der Waals surface area contributed by atoms with E-state index in [0.717, 1.165) is 51.4 Å². The van der Waals surface area contributed by atoms with Crippen molar-refractivity contribution in [3.63, 3.8) is 0 Å². The summed E-state index contributed by atoms with van der Waals surface area (Å²) in [5.41, 5.74) is 1.69. The standard InChI is InChI=1S/C44H52ClN7O8S.C42H48ClN7O8S/c1-4-5-6-7-8-9-10-11-12-15-25-50(37-20-16-17-33-32(37)22-23-34(41(33)54)42(55)46-36-19-14-13-18-35(36)45)44(56)60-39-24-21-31(26-38(39)52(57)58)29-61-43-47-48-49-51(43)27-40(53)59-28-30(2)3;1-4-5-6-7-8-9-10-11-12-13-23-48(42(54)58-38-21-17-29(24-36(38)50(55)56)27-59-41-45-46-47-49(41)26-28(2)51)35-16-14-15-32-31(35)19-20-33(39(32)52)40(53)44-34-25-30(43)18-22-37(34)57-3/h13-14,16-24,26,30,54H,4-12,15,25,27-29H2,1-3H3,(H,46,55);14-22,24-25,52H,4-13,23,26-27H2,1-3H3,(H,44,53). The second-order valence-electron chi connectivity index (χ2n) is 29.0. The first-order valence-corrected chi connectivity index (χ1v) is 42.9. The number of carbonyl (C=O) groups excluding carboxylic acids is 6. The molecule has 120 heavy (non-hydrogen) atoms. The number of thioether (sulfide) groups is 2. The number of aromatic hydroxyl groups is 2. The molecule has 8 aromatic carbocycles. The highest BCUT2D eigenvalue weighted by Gasteiger charge is 2.30. The van der Waals surface area contributed by atoms with Gasteiger partial charge in [-0.3, -0.25) is 49.2 Å². The SMILES string of the molecule is CCCCCCCCCCCCN(C(=O)Oc1ccc(CSc2nnnn2CC(=O)OCC(C)C)cc1[N+](=O)[O-])c1cccc2c(O)c(C(=O)Nc3ccccc3Cl)ccc12.CCCCCCCCCCCCN(C(=O)Oc1ccc(CSc2nnnn2CC(C)=O)cc1[N+](=O)[O-])c1cccc2c(O)c(C(=O)Nc3cc(Cl)ccc3OC)ccc12. The first-order chi connectivity index (χ1) is 58.0. The van der Waals surface area contributed by atoms with Gasteiger partial charge >= 0.3 is 29.5 Å². The monoisotopic (exact) mass is 1720 g/mol. The molecule has 2 heterocycles. The molecular formula is C86H100Cl2N14O16S2. The summed E-state index contributed by atoms with van der Waals surface area (Å²) in [4.78, 5) is 105. The number of anilines is 4. The Morgan fingerprint density at radius 1 is 0.517 bits per heavy atom. The van der Waals surface area contributed by atoms with E-state index in [4.69, 9.17) is 42.1 Å². The Bertz CT molecular complexity index is 5190. The van der Waals surface area contributed by atoms with Gasteiger partial charge in [-0.2, -0.15) is 0 Å². The van der Waals surface area contributed by atoms with Crippen molar-refractivity contribution in [3.05, 3.63) is 192 Å². The summed E-state index contributed by atoms with van der Waals surface area (Å²) in [6.45, 7) is 10.2. The van der Waals surface area contributed by atoms with Crippen LogP contribution in [0, 0.1) is 26.1 Å². The van der Waals surface area contributed by atoms with Crippen molar-refractivity contribution < 1.29 is 67.8 Å². The Kier molecular flexibility index (Phi) is 36.5. The molecule has 0 bridgehead atoms. The summed E-state index contributed by atoms with van der Waals surface area (Å²) in [5, 5.41) is 78.7. The smallest absolute Gasteiger partial charge is 0.420 e. The lowest BCUT2D eigenvalue weighted by molar-refractivity contribution is -0.385. The van der Waals surface area contributed by atoms with E-state index in [1.807, 2.05) is 13.8 Å². The molecule has 4 N–H and O–H groups in total. The number of Topliss-reactive ketones (excluding diaryl/α,β-unsaturated/α-hetero) is 1. The predicted octanol–water partition coefficient (Wildman–Crippen LogP) is 20.9. The first kappa shape index (κ1) is 92.4. The van der Waals surface area contributed by atoms with Gasteiger partial charge in [0, 0.05) is 63.3 Å². The Balaban J connectivity index is 0.000000273. The van der Waals surface area contributed by atoms with E-state index < -0.39 is 51.2 Å². The van der Waals surface area contributed by atoms with Crippen LogP contribution in [-0.4, -0.2) is 123 Å². The molecule has 636 valence electrons. The van der Waals surface area contributed by atoms with Crippen molar-refractivity contribution >= 4 is 138 Å². The van der Waals surface area contributed by atoms with Crippen LogP contribution in [0.15, 0.2) is 150 Å². The molecule has 0 atom stereocenters. The average Bonchev–Trinajstić information content (AvgIpc) is 0.870.